The van der Waals surface area contributed by atoms with Gasteiger partial charge in [-0.25, -0.2) is 4.98 Å². The normalized spacial score (nSPS) is 10.9. The summed E-state index contributed by atoms with van der Waals surface area (Å²) in [6.07, 6.45) is 1.48. The van der Waals surface area contributed by atoms with Gasteiger partial charge in [-0.3, -0.25) is 5.10 Å². The largest absolute Gasteiger partial charge is 0.254 e. The van der Waals surface area contributed by atoms with E-state index in [2.05, 4.69) is 25.4 Å². The van der Waals surface area contributed by atoms with Gasteiger partial charge >= 0.3 is 0 Å². The quantitative estimate of drug-likeness (QED) is 0.747. The predicted molar refractivity (Wildman–Crippen MR) is 64.8 cm³/mol. The van der Waals surface area contributed by atoms with E-state index in [-0.39, 0.29) is 0 Å². The molecule has 2 heterocycles. The number of nitrogens with one attached hydrogen (secondary N) is 1. The SMILES string of the molecule is Cc1nnc(Sc2ncn[nH]2)c2ccccc12. The number of fused-ring (bicyclic) bond motifs is 1. The van der Waals surface area contributed by atoms with Gasteiger partial charge in [0.05, 0.1) is 5.69 Å². The third-order valence-electron chi connectivity index (χ3n) is 2.42. The van der Waals surface area contributed by atoms with E-state index in [9.17, 15) is 0 Å². The van der Waals surface area contributed by atoms with Crippen molar-refractivity contribution in [3.8, 4) is 0 Å². The zero-order valence-electron chi connectivity index (χ0n) is 9.08. The number of aromatic nitrogens is 5. The van der Waals surface area contributed by atoms with Crippen LogP contribution in [0.4, 0.5) is 0 Å². The van der Waals surface area contributed by atoms with Gasteiger partial charge in [0, 0.05) is 10.8 Å². The Morgan fingerprint density at radius 1 is 1.12 bits per heavy atom. The minimum Gasteiger partial charge on any atom is -0.254 e. The number of hydrogen-bond donors (Lipinski definition) is 1. The first-order valence-corrected chi connectivity index (χ1v) is 5.91. The summed E-state index contributed by atoms with van der Waals surface area (Å²) >= 11 is 1.43. The van der Waals surface area contributed by atoms with Crippen molar-refractivity contribution >= 4 is 22.5 Å². The van der Waals surface area contributed by atoms with Crippen molar-refractivity contribution in [2.24, 2.45) is 0 Å². The van der Waals surface area contributed by atoms with Crippen LogP contribution in [0.5, 0.6) is 0 Å². The van der Waals surface area contributed by atoms with Gasteiger partial charge in [0.15, 0.2) is 5.16 Å². The number of hydrogen-bond acceptors (Lipinski definition) is 5. The molecule has 0 saturated carbocycles. The highest BCUT2D eigenvalue weighted by atomic mass is 32.2. The molecule has 1 aromatic carbocycles. The molecule has 5 nitrogen and oxygen atoms in total. The van der Waals surface area contributed by atoms with Crippen molar-refractivity contribution in [1.29, 1.82) is 0 Å². The number of aromatic amines is 1. The zero-order valence-corrected chi connectivity index (χ0v) is 9.90. The summed E-state index contributed by atoms with van der Waals surface area (Å²) in [6.45, 7) is 1.96. The van der Waals surface area contributed by atoms with Crippen LogP contribution in [0, 0.1) is 6.92 Å². The molecule has 0 saturated heterocycles. The minimum absolute atomic E-state index is 0.716. The number of benzene rings is 1. The third-order valence-corrected chi connectivity index (χ3v) is 3.31. The molecule has 0 aliphatic heterocycles. The second kappa shape index (κ2) is 4.14. The average Bonchev–Trinajstić information content (AvgIpc) is 2.86. The lowest BCUT2D eigenvalue weighted by atomic mass is 10.1. The molecule has 0 unspecified atom stereocenters. The molecule has 0 aliphatic carbocycles. The van der Waals surface area contributed by atoms with Gasteiger partial charge in [-0.1, -0.05) is 24.3 Å². The Balaban J connectivity index is 2.14. The third kappa shape index (κ3) is 1.87. The average molecular weight is 243 g/mol. The summed E-state index contributed by atoms with van der Waals surface area (Å²) in [5, 5.41) is 18.7. The van der Waals surface area contributed by atoms with Gasteiger partial charge in [0.2, 0.25) is 0 Å². The summed E-state index contributed by atoms with van der Waals surface area (Å²) in [5.74, 6) is 0. The predicted octanol–water partition coefficient (Wildman–Crippen LogP) is 2.21. The van der Waals surface area contributed by atoms with Crippen LogP contribution in [0.1, 0.15) is 5.69 Å². The number of H-pyrrole nitrogens is 1. The van der Waals surface area contributed by atoms with E-state index in [0.717, 1.165) is 21.5 Å². The molecular formula is C11H9N5S. The first-order valence-electron chi connectivity index (χ1n) is 5.10. The maximum Gasteiger partial charge on any atom is 0.189 e. The molecular weight excluding hydrogens is 234 g/mol. The van der Waals surface area contributed by atoms with E-state index in [0.29, 0.717) is 5.16 Å². The standard InChI is InChI=1S/C11H9N5S/c1-7-8-4-2-3-5-9(8)10(15-14-7)17-11-12-6-13-16-11/h2-6H,1H3,(H,12,13,16). The van der Waals surface area contributed by atoms with E-state index in [4.69, 9.17) is 0 Å². The number of nitrogens with zero attached hydrogens (tertiary/aromatic N) is 4. The molecule has 1 N–H and O–H groups in total. The Hall–Kier alpha value is -1.95. The van der Waals surface area contributed by atoms with Gasteiger partial charge in [-0.15, -0.1) is 5.10 Å². The van der Waals surface area contributed by atoms with Crippen molar-refractivity contribution in [2.45, 2.75) is 17.1 Å². The molecule has 0 aliphatic rings. The number of rotatable bonds is 2. The molecule has 0 spiro atoms. The van der Waals surface area contributed by atoms with Crippen molar-refractivity contribution in [3.63, 3.8) is 0 Å². The van der Waals surface area contributed by atoms with Crippen LogP contribution in [-0.4, -0.2) is 25.4 Å². The Kier molecular flexibility index (Phi) is 2.49. The molecule has 6 heteroatoms. The van der Waals surface area contributed by atoms with E-state index in [1.807, 2.05) is 31.2 Å². The molecule has 0 radical (unpaired) electrons. The van der Waals surface area contributed by atoms with Gasteiger partial charge < -0.3 is 0 Å². The van der Waals surface area contributed by atoms with Crippen LogP contribution >= 0.6 is 11.8 Å². The summed E-state index contributed by atoms with van der Waals surface area (Å²) in [4.78, 5) is 4.07. The van der Waals surface area contributed by atoms with E-state index in [1.54, 1.807) is 0 Å². The van der Waals surface area contributed by atoms with Crippen LogP contribution in [0.3, 0.4) is 0 Å². The van der Waals surface area contributed by atoms with Crippen molar-refractivity contribution in [1.82, 2.24) is 25.4 Å². The monoisotopic (exact) mass is 243 g/mol. The zero-order chi connectivity index (χ0) is 11.7. The lowest BCUT2D eigenvalue weighted by Gasteiger charge is -2.04. The first-order chi connectivity index (χ1) is 8.34. The van der Waals surface area contributed by atoms with Crippen LogP contribution in [-0.2, 0) is 0 Å². The highest BCUT2D eigenvalue weighted by Crippen LogP contribution is 2.29. The van der Waals surface area contributed by atoms with Gasteiger partial charge in [0.25, 0.3) is 0 Å². The molecule has 0 amide bonds. The molecule has 2 aromatic heterocycles. The van der Waals surface area contributed by atoms with E-state index < -0.39 is 0 Å². The highest BCUT2D eigenvalue weighted by molar-refractivity contribution is 7.99. The summed E-state index contributed by atoms with van der Waals surface area (Å²) < 4.78 is 0. The molecule has 0 atom stereocenters. The van der Waals surface area contributed by atoms with Gasteiger partial charge in [0.1, 0.15) is 11.4 Å². The maximum atomic E-state index is 4.21. The van der Waals surface area contributed by atoms with Gasteiger partial charge in [-0.05, 0) is 18.7 Å². The lowest BCUT2D eigenvalue weighted by molar-refractivity contribution is 0.912. The summed E-state index contributed by atoms with van der Waals surface area (Å²) in [5.41, 5.74) is 0.933. The Bertz CT molecular complexity index is 650. The topological polar surface area (TPSA) is 67.3 Å². The summed E-state index contributed by atoms with van der Waals surface area (Å²) in [7, 11) is 0. The van der Waals surface area contributed by atoms with Crippen LogP contribution < -0.4 is 0 Å². The highest BCUT2D eigenvalue weighted by Gasteiger charge is 2.08. The van der Waals surface area contributed by atoms with Crippen molar-refractivity contribution < 1.29 is 0 Å². The van der Waals surface area contributed by atoms with Crippen molar-refractivity contribution in [3.05, 3.63) is 36.3 Å². The summed E-state index contributed by atoms with van der Waals surface area (Å²) in [6, 6.07) is 8.08. The van der Waals surface area contributed by atoms with E-state index in [1.165, 1.54) is 18.1 Å². The van der Waals surface area contributed by atoms with E-state index >= 15 is 0 Å². The number of aryl methyl sites for hydroxylation is 1. The van der Waals surface area contributed by atoms with Crippen molar-refractivity contribution in [2.75, 3.05) is 0 Å². The molecule has 84 valence electrons. The maximum absolute atomic E-state index is 4.21. The van der Waals surface area contributed by atoms with Gasteiger partial charge in [-0.2, -0.15) is 10.2 Å². The van der Waals surface area contributed by atoms with Crippen LogP contribution in [0.15, 0.2) is 40.8 Å². The fourth-order valence-electron chi connectivity index (χ4n) is 1.62. The van der Waals surface area contributed by atoms with Crippen LogP contribution in [0.2, 0.25) is 0 Å². The second-order valence-electron chi connectivity index (χ2n) is 3.53. The Labute approximate surface area is 102 Å². The molecule has 3 rings (SSSR count). The first kappa shape index (κ1) is 10.2. The Morgan fingerprint density at radius 2 is 1.94 bits per heavy atom. The fraction of sp³-hybridized carbons (Fsp3) is 0.0909. The smallest absolute Gasteiger partial charge is 0.189 e. The second-order valence-corrected chi connectivity index (χ2v) is 4.51. The minimum atomic E-state index is 0.716. The van der Waals surface area contributed by atoms with Crippen LogP contribution in [0.25, 0.3) is 10.8 Å². The molecule has 0 fully saturated rings. The molecule has 3 aromatic rings. The molecule has 0 bridgehead atoms. The fourth-order valence-corrected chi connectivity index (χ4v) is 2.37. The Morgan fingerprint density at radius 3 is 2.71 bits per heavy atom. The molecule has 17 heavy (non-hydrogen) atoms. The lowest BCUT2D eigenvalue weighted by Crippen LogP contribution is -1.92.